The number of carbonyl (C=O) groups is 2. The van der Waals surface area contributed by atoms with Gasteiger partial charge in [0.2, 0.25) is 11.8 Å². The number of aryl methyl sites for hydroxylation is 1. The summed E-state index contributed by atoms with van der Waals surface area (Å²) >= 11 is 1.61. The van der Waals surface area contributed by atoms with E-state index in [-0.39, 0.29) is 11.8 Å². The zero-order valence-corrected chi connectivity index (χ0v) is 19.5. The molecular weight excluding hydrogens is 422 g/mol. The van der Waals surface area contributed by atoms with Gasteiger partial charge in [-0.25, -0.2) is 4.98 Å². The fourth-order valence-corrected chi connectivity index (χ4v) is 4.94. The average molecular weight is 454 g/mol. The summed E-state index contributed by atoms with van der Waals surface area (Å²) in [6.45, 7) is 5.63. The van der Waals surface area contributed by atoms with Crippen LogP contribution in [0.1, 0.15) is 48.4 Å². The highest BCUT2D eigenvalue weighted by molar-refractivity contribution is 7.09. The van der Waals surface area contributed by atoms with Gasteiger partial charge >= 0.3 is 0 Å². The van der Waals surface area contributed by atoms with Gasteiger partial charge in [-0.15, -0.1) is 11.3 Å². The molecule has 1 aromatic carbocycles. The Kier molecular flexibility index (Phi) is 7.58. The minimum Gasteiger partial charge on any atom is -0.487 e. The summed E-state index contributed by atoms with van der Waals surface area (Å²) in [4.78, 5) is 33.4. The van der Waals surface area contributed by atoms with Crippen molar-refractivity contribution in [2.24, 2.45) is 5.92 Å². The predicted molar refractivity (Wildman–Crippen MR) is 126 cm³/mol. The molecule has 6 nitrogen and oxygen atoms in total. The molecule has 1 aromatic heterocycles. The number of rotatable bonds is 7. The highest BCUT2D eigenvalue weighted by Crippen LogP contribution is 2.24. The molecule has 0 unspecified atom stereocenters. The summed E-state index contributed by atoms with van der Waals surface area (Å²) in [5, 5.41) is 3.02. The van der Waals surface area contributed by atoms with Crippen LogP contribution in [0.4, 0.5) is 0 Å². The van der Waals surface area contributed by atoms with Crippen LogP contribution >= 0.6 is 11.3 Å². The van der Waals surface area contributed by atoms with Crippen LogP contribution in [0.5, 0.6) is 5.75 Å². The topological polar surface area (TPSA) is 62.7 Å². The molecule has 2 aliphatic rings. The molecule has 3 heterocycles. The number of hydrogen-bond donors (Lipinski definition) is 0. The fraction of sp³-hybridized carbons (Fsp3) is 0.480. The van der Waals surface area contributed by atoms with E-state index in [4.69, 9.17) is 4.74 Å². The number of likely N-dealkylation sites (tertiary alicyclic amines) is 2. The number of hydrogen-bond acceptors (Lipinski definition) is 5. The molecule has 2 aliphatic heterocycles. The van der Waals surface area contributed by atoms with Crippen LogP contribution in [0.3, 0.4) is 0 Å². The summed E-state index contributed by atoms with van der Waals surface area (Å²) in [7, 11) is 0. The Labute approximate surface area is 193 Å². The minimum absolute atomic E-state index is 0.0132. The largest absolute Gasteiger partial charge is 0.487 e. The average Bonchev–Trinajstić information content (AvgIpc) is 3.49. The first-order chi connectivity index (χ1) is 15.6. The second-order valence-electron chi connectivity index (χ2n) is 8.58. The van der Waals surface area contributed by atoms with E-state index in [0.717, 1.165) is 60.8 Å². The summed E-state index contributed by atoms with van der Waals surface area (Å²) < 4.78 is 5.94. The summed E-state index contributed by atoms with van der Waals surface area (Å²) in [5.74, 6) is 1.43. The van der Waals surface area contributed by atoms with Crippen LogP contribution in [0.15, 0.2) is 35.7 Å². The SMILES string of the molecule is Cc1nc(COc2ccccc2/C=C/C(=O)N2CCC(CC(=O)N3CCCC3)CC2)cs1. The van der Waals surface area contributed by atoms with E-state index in [1.54, 1.807) is 17.4 Å². The molecule has 0 saturated carbocycles. The van der Waals surface area contributed by atoms with Crippen molar-refractivity contribution in [2.45, 2.75) is 45.6 Å². The summed E-state index contributed by atoms with van der Waals surface area (Å²) in [6.07, 6.45) is 8.13. The van der Waals surface area contributed by atoms with Crippen LogP contribution in [0, 0.1) is 12.8 Å². The fourth-order valence-electron chi connectivity index (χ4n) is 4.34. The third-order valence-corrected chi connectivity index (χ3v) is 7.04. The molecular formula is C25H31N3O3S. The van der Waals surface area contributed by atoms with Crippen molar-refractivity contribution in [2.75, 3.05) is 26.2 Å². The first-order valence-electron chi connectivity index (χ1n) is 11.5. The van der Waals surface area contributed by atoms with Crippen LogP contribution in [-0.4, -0.2) is 52.8 Å². The number of nitrogens with zero attached hydrogens (tertiary/aromatic N) is 3. The van der Waals surface area contributed by atoms with Crippen LogP contribution < -0.4 is 4.74 Å². The first kappa shape index (κ1) is 22.5. The normalized spacial score (nSPS) is 17.3. The monoisotopic (exact) mass is 453 g/mol. The molecule has 0 bridgehead atoms. The predicted octanol–water partition coefficient (Wildman–Crippen LogP) is 4.29. The van der Waals surface area contributed by atoms with Gasteiger partial charge in [0.1, 0.15) is 12.4 Å². The Morgan fingerprint density at radius 3 is 2.59 bits per heavy atom. The van der Waals surface area contributed by atoms with E-state index in [1.807, 2.05) is 52.4 Å². The number of thiazole rings is 1. The Balaban J connectivity index is 1.27. The Morgan fingerprint density at radius 2 is 1.88 bits per heavy atom. The molecule has 2 saturated heterocycles. The Morgan fingerprint density at radius 1 is 1.12 bits per heavy atom. The molecule has 32 heavy (non-hydrogen) atoms. The molecule has 0 radical (unpaired) electrons. The quantitative estimate of drug-likeness (QED) is 0.587. The number of aromatic nitrogens is 1. The maximum absolute atomic E-state index is 12.7. The van der Waals surface area contributed by atoms with E-state index in [2.05, 4.69) is 4.98 Å². The van der Waals surface area contributed by atoms with Gasteiger partial charge in [-0.3, -0.25) is 9.59 Å². The Hall–Kier alpha value is -2.67. The number of benzene rings is 1. The molecule has 0 N–H and O–H groups in total. The lowest BCUT2D eigenvalue weighted by Crippen LogP contribution is -2.39. The van der Waals surface area contributed by atoms with E-state index in [9.17, 15) is 9.59 Å². The summed E-state index contributed by atoms with van der Waals surface area (Å²) in [6, 6.07) is 7.72. The third kappa shape index (κ3) is 5.97. The number of ether oxygens (including phenoxy) is 1. The molecule has 170 valence electrons. The second-order valence-corrected chi connectivity index (χ2v) is 9.64. The number of carbonyl (C=O) groups excluding carboxylic acids is 2. The molecule has 0 aliphatic carbocycles. The minimum atomic E-state index is 0.0132. The van der Waals surface area contributed by atoms with Gasteiger partial charge in [0.15, 0.2) is 0 Å². The molecule has 0 atom stereocenters. The lowest BCUT2D eigenvalue weighted by atomic mass is 9.93. The highest BCUT2D eigenvalue weighted by atomic mass is 32.1. The van der Waals surface area contributed by atoms with Gasteiger partial charge in [-0.05, 0) is 50.7 Å². The van der Waals surface area contributed by atoms with Crippen molar-refractivity contribution in [3.63, 3.8) is 0 Å². The lowest BCUT2D eigenvalue weighted by molar-refractivity contribution is -0.131. The molecule has 4 rings (SSSR count). The molecule has 2 fully saturated rings. The van der Waals surface area contributed by atoms with Crippen molar-refractivity contribution in [3.05, 3.63) is 52.0 Å². The maximum Gasteiger partial charge on any atom is 0.246 e. The highest BCUT2D eigenvalue weighted by Gasteiger charge is 2.26. The van der Waals surface area contributed by atoms with Gasteiger partial charge in [0, 0.05) is 49.6 Å². The van der Waals surface area contributed by atoms with Crippen molar-refractivity contribution in [1.82, 2.24) is 14.8 Å². The van der Waals surface area contributed by atoms with Crippen LogP contribution in [-0.2, 0) is 16.2 Å². The van der Waals surface area contributed by atoms with E-state index in [0.29, 0.717) is 32.0 Å². The standard InChI is InChI=1S/C25H31N3O3S/c1-19-26-22(18-32-19)17-31-23-7-3-2-6-21(23)8-9-24(29)28-14-10-20(11-15-28)16-25(30)27-12-4-5-13-27/h2-3,6-9,18,20H,4-5,10-17H2,1H3/b9-8+. The van der Waals surface area contributed by atoms with Crippen molar-refractivity contribution >= 4 is 29.2 Å². The molecule has 0 spiro atoms. The zero-order valence-electron chi connectivity index (χ0n) is 18.7. The van der Waals surface area contributed by atoms with Crippen molar-refractivity contribution in [3.8, 4) is 5.75 Å². The van der Waals surface area contributed by atoms with Gasteiger partial charge in [0.25, 0.3) is 0 Å². The maximum atomic E-state index is 12.7. The Bertz CT molecular complexity index is 957. The smallest absolute Gasteiger partial charge is 0.246 e. The van der Waals surface area contributed by atoms with Gasteiger partial charge in [-0.2, -0.15) is 0 Å². The third-order valence-electron chi connectivity index (χ3n) is 6.21. The van der Waals surface area contributed by atoms with E-state index in [1.165, 1.54) is 0 Å². The zero-order chi connectivity index (χ0) is 22.3. The van der Waals surface area contributed by atoms with Crippen molar-refractivity contribution in [1.29, 1.82) is 0 Å². The number of piperidine rings is 1. The van der Waals surface area contributed by atoms with Gasteiger partial charge in [0.05, 0.1) is 10.7 Å². The van der Waals surface area contributed by atoms with Gasteiger partial charge < -0.3 is 14.5 Å². The van der Waals surface area contributed by atoms with Crippen LogP contribution in [0.25, 0.3) is 6.08 Å². The second kappa shape index (κ2) is 10.8. The van der Waals surface area contributed by atoms with E-state index < -0.39 is 0 Å². The van der Waals surface area contributed by atoms with E-state index >= 15 is 0 Å². The molecule has 2 amide bonds. The van der Waals surface area contributed by atoms with Crippen LogP contribution in [0.2, 0.25) is 0 Å². The molecule has 2 aromatic rings. The van der Waals surface area contributed by atoms with Gasteiger partial charge in [-0.1, -0.05) is 18.2 Å². The number of amides is 2. The first-order valence-corrected chi connectivity index (χ1v) is 12.3. The van der Waals surface area contributed by atoms with Crippen molar-refractivity contribution < 1.29 is 14.3 Å². The lowest BCUT2D eigenvalue weighted by Gasteiger charge is -2.31. The number of para-hydroxylation sites is 1. The molecule has 7 heteroatoms. The summed E-state index contributed by atoms with van der Waals surface area (Å²) in [5.41, 5.74) is 1.78.